The third kappa shape index (κ3) is 4.05. The molecule has 0 bridgehead atoms. The van der Waals surface area contributed by atoms with Gasteiger partial charge in [-0.3, -0.25) is 9.59 Å². The van der Waals surface area contributed by atoms with E-state index in [4.69, 9.17) is 10.2 Å². The highest BCUT2D eigenvalue weighted by atomic mass is 16.4. The van der Waals surface area contributed by atoms with Gasteiger partial charge in [0.1, 0.15) is 6.04 Å². The fourth-order valence-electron chi connectivity index (χ4n) is 2.15. The van der Waals surface area contributed by atoms with Crippen LogP contribution in [-0.2, 0) is 20.8 Å². The van der Waals surface area contributed by atoms with E-state index in [2.05, 4.69) is 5.32 Å². The van der Waals surface area contributed by atoms with Gasteiger partial charge in [0.15, 0.2) is 0 Å². The molecule has 0 aliphatic carbocycles. The first kappa shape index (κ1) is 15.5. The Hall–Kier alpha value is -2.89. The molecule has 0 heterocycles. The fraction of sp³-hybridized carbons (Fsp3) is 0.188. The molecule has 3 N–H and O–H groups in total. The molecular formula is C16H15NO5. The standard InChI is InChI=1S/C16H15NO5/c18-14(17-13(16(21)22)9-15(19)20)8-10-5-6-11-3-1-2-4-12(11)7-10/h1-7,13H,8-9H2,(H,17,18)(H,19,20)(H,21,22)/t13-/m0/s1. The molecule has 0 fully saturated rings. The molecule has 2 rings (SSSR count). The number of amides is 1. The van der Waals surface area contributed by atoms with Gasteiger partial charge >= 0.3 is 11.9 Å². The van der Waals surface area contributed by atoms with E-state index in [1.54, 1.807) is 6.07 Å². The second-order valence-electron chi connectivity index (χ2n) is 4.91. The third-order valence-corrected chi connectivity index (χ3v) is 3.19. The summed E-state index contributed by atoms with van der Waals surface area (Å²) in [6.45, 7) is 0. The molecule has 0 aromatic heterocycles. The van der Waals surface area contributed by atoms with Gasteiger partial charge in [-0.05, 0) is 16.3 Å². The minimum Gasteiger partial charge on any atom is -0.481 e. The van der Waals surface area contributed by atoms with E-state index in [9.17, 15) is 14.4 Å². The van der Waals surface area contributed by atoms with Crippen LogP contribution in [0.25, 0.3) is 10.8 Å². The predicted molar refractivity (Wildman–Crippen MR) is 79.5 cm³/mol. The molecule has 0 aliphatic rings. The van der Waals surface area contributed by atoms with Crippen molar-refractivity contribution in [3.8, 4) is 0 Å². The molecule has 114 valence electrons. The van der Waals surface area contributed by atoms with Crippen LogP contribution in [0.2, 0.25) is 0 Å². The Morgan fingerprint density at radius 2 is 1.68 bits per heavy atom. The van der Waals surface area contributed by atoms with E-state index in [0.29, 0.717) is 0 Å². The molecule has 0 saturated heterocycles. The lowest BCUT2D eigenvalue weighted by atomic mass is 10.0. The van der Waals surface area contributed by atoms with Gasteiger partial charge in [-0.1, -0.05) is 42.5 Å². The molecule has 0 unspecified atom stereocenters. The molecule has 0 aliphatic heterocycles. The number of carbonyl (C=O) groups is 3. The zero-order chi connectivity index (χ0) is 16.1. The van der Waals surface area contributed by atoms with Crippen LogP contribution in [0.5, 0.6) is 0 Å². The van der Waals surface area contributed by atoms with Crippen molar-refractivity contribution in [2.75, 3.05) is 0 Å². The zero-order valence-corrected chi connectivity index (χ0v) is 11.7. The van der Waals surface area contributed by atoms with E-state index >= 15 is 0 Å². The molecule has 22 heavy (non-hydrogen) atoms. The number of rotatable bonds is 6. The van der Waals surface area contributed by atoms with Crippen molar-refractivity contribution in [3.05, 3.63) is 48.0 Å². The van der Waals surface area contributed by atoms with Crippen LogP contribution < -0.4 is 5.32 Å². The van der Waals surface area contributed by atoms with E-state index in [1.165, 1.54) is 0 Å². The van der Waals surface area contributed by atoms with E-state index < -0.39 is 30.3 Å². The minimum absolute atomic E-state index is 0.00572. The number of hydrogen-bond acceptors (Lipinski definition) is 3. The van der Waals surface area contributed by atoms with Crippen LogP contribution in [0.1, 0.15) is 12.0 Å². The average molecular weight is 301 g/mol. The number of benzene rings is 2. The van der Waals surface area contributed by atoms with Crippen LogP contribution in [0.4, 0.5) is 0 Å². The first-order chi connectivity index (χ1) is 10.5. The fourth-order valence-corrected chi connectivity index (χ4v) is 2.15. The number of aliphatic carboxylic acids is 2. The summed E-state index contributed by atoms with van der Waals surface area (Å²) in [6, 6.07) is 11.8. The highest BCUT2D eigenvalue weighted by Crippen LogP contribution is 2.16. The maximum Gasteiger partial charge on any atom is 0.326 e. The van der Waals surface area contributed by atoms with Gasteiger partial charge in [-0.2, -0.15) is 0 Å². The highest BCUT2D eigenvalue weighted by Gasteiger charge is 2.22. The lowest BCUT2D eigenvalue weighted by molar-refractivity contribution is -0.147. The van der Waals surface area contributed by atoms with E-state index in [0.717, 1.165) is 16.3 Å². The Morgan fingerprint density at radius 3 is 2.32 bits per heavy atom. The van der Waals surface area contributed by atoms with Gasteiger partial charge in [0.05, 0.1) is 12.8 Å². The van der Waals surface area contributed by atoms with Crippen molar-refractivity contribution in [2.45, 2.75) is 18.9 Å². The van der Waals surface area contributed by atoms with Crippen molar-refractivity contribution in [1.29, 1.82) is 0 Å². The molecule has 2 aromatic carbocycles. The normalized spacial score (nSPS) is 11.8. The summed E-state index contributed by atoms with van der Waals surface area (Å²) < 4.78 is 0. The number of hydrogen-bond donors (Lipinski definition) is 3. The summed E-state index contributed by atoms with van der Waals surface area (Å²) >= 11 is 0. The van der Waals surface area contributed by atoms with Crippen LogP contribution in [0.3, 0.4) is 0 Å². The predicted octanol–water partition coefficient (Wildman–Crippen LogP) is 1.43. The number of carboxylic acid groups (broad SMARTS) is 2. The number of fused-ring (bicyclic) bond motifs is 1. The number of carbonyl (C=O) groups excluding carboxylic acids is 1. The van der Waals surface area contributed by atoms with Gasteiger partial charge < -0.3 is 15.5 Å². The van der Waals surface area contributed by atoms with Crippen molar-refractivity contribution >= 4 is 28.6 Å². The quantitative estimate of drug-likeness (QED) is 0.748. The second-order valence-corrected chi connectivity index (χ2v) is 4.91. The van der Waals surface area contributed by atoms with Crippen molar-refractivity contribution < 1.29 is 24.6 Å². The summed E-state index contributed by atoms with van der Waals surface area (Å²) in [7, 11) is 0. The Morgan fingerprint density at radius 1 is 1.00 bits per heavy atom. The summed E-state index contributed by atoms with van der Waals surface area (Å²) in [5, 5.41) is 21.8. The van der Waals surface area contributed by atoms with Gasteiger partial charge in [0.25, 0.3) is 0 Å². The number of carboxylic acids is 2. The summed E-state index contributed by atoms with van der Waals surface area (Å²) in [5.41, 5.74) is 0.732. The van der Waals surface area contributed by atoms with Crippen LogP contribution in [0, 0.1) is 0 Å². The van der Waals surface area contributed by atoms with Gasteiger partial charge in [0, 0.05) is 0 Å². The van der Waals surface area contributed by atoms with Gasteiger partial charge in [-0.25, -0.2) is 4.79 Å². The summed E-state index contributed by atoms with van der Waals surface area (Å²) in [4.78, 5) is 33.4. The van der Waals surface area contributed by atoms with Gasteiger partial charge in [0.2, 0.25) is 5.91 Å². The monoisotopic (exact) mass is 301 g/mol. The second kappa shape index (κ2) is 6.71. The molecule has 6 nitrogen and oxygen atoms in total. The molecule has 6 heteroatoms. The first-order valence-electron chi connectivity index (χ1n) is 6.67. The lowest BCUT2D eigenvalue weighted by Crippen LogP contribution is -2.42. The summed E-state index contributed by atoms with van der Waals surface area (Å²) in [6.07, 6.45) is -0.660. The Bertz CT molecular complexity index is 725. The molecule has 0 radical (unpaired) electrons. The molecule has 0 spiro atoms. The maximum absolute atomic E-state index is 11.9. The minimum atomic E-state index is -1.43. The highest BCUT2D eigenvalue weighted by molar-refractivity contribution is 5.89. The third-order valence-electron chi connectivity index (χ3n) is 3.19. The van der Waals surface area contributed by atoms with Crippen LogP contribution >= 0.6 is 0 Å². The van der Waals surface area contributed by atoms with Crippen LogP contribution in [0.15, 0.2) is 42.5 Å². The van der Waals surface area contributed by atoms with Crippen molar-refractivity contribution in [2.24, 2.45) is 0 Å². The van der Waals surface area contributed by atoms with Crippen LogP contribution in [-0.4, -0.2) is 34.1 Å². The SMILES string of the molecule is O=C(O)C[C@H](NC(=O)Cc1ccc2ccccc2c1)C(=O)O. The smallest absolute Gasteiger partial charge is 0.326 e. The number of nitrogens with one attached hydrogen (secondary N) is 1. The Balaban J connectivity index is 2.06. The Kier molecular flexibility index (Phi) is 4.73. The maximum atomic E-state index is 11.9. The van der Waals surface area contributed by atoms with E-state index in [-0.39, 0.29) is 6.42 Å². The first-order valence-corrected chi connectivity index (χ1v) is 6.67. The molecule has 2 aromatic rings. The van der Waals surface area contributed by atoms with Gasteiger partial charge in [-0.15, -0.1) is 0 Å². The molecule has 0 saturated carbocycles. The topological polar surface area (TPSA) is 104 Å². The zero-order valence-electron chi connectivity index (χ0n) is 11.7. The largest absolute Gasteiger partial charge is 0.481 e. The lowest BCUT2D eigenvalue weighted by Gasteiger charge is -2.12. The average Bonchev–Trinajstić information content (AvgIpc) is 2.45. The molecular weight excluding hydrogens is 286 g/mol. The van der Waals surface area contributed by atoms with Crippen molar-refractivity contribution in [1.82, 2.24) is 5.32 Å². The Labute approximate surface area is 126 Å². The molecule has 1 amide bonds. The van der Waals surface area contributed by atoms with Crippen molar-refractivity contribution in [3.63, 3.8) is 0 Å². The summed E-state index contributed by atoms with van der Waals surface area (Å²) in [5.74, 6) is -3.17. The van der Waals surface area contributed by atoms with E-state index in [1.807, 2.05) is 36.4 Å². The molecule has 1 atom stereocenters.